The van der Waals surface area contributed by atoms with Gasteiger partial charge in [-0.1, -0.05) is 6.07 Å². The van der Waals surface area contributed by atoms with E-state index in [4.69, 9.17) is 0 Å². The zero-order valence-corrected chi connectivity index (χ0v) is 11.5. The van der Waals surface area contributed by atoms with Crippen molar-refractivity contribution in [3.05, 3.63) is 34.1 Å². The Morgan fingerprint density at radius 1 is 1.50 bits per heavy atom. The summed E-state index contributed by atoms with van der Waals surface area (Å²) in [6, 6.07) is 4.16. The van der Waals surface area contributed by atoms with E-state index in [1.54, 1.807) is 0 Å². The summed E-state index contributed by atoms with van der Waals surface area (Å²) >= 11 is 3.02. The Morgan fingerprint density at radius 3 is 2.56 bits per heavy atom. The van der Waals surface area contributed by atoms with Gasteiger partial charge in [-0.05, 0) is 47.0 Å². The van der Waals surface area contributed by atoms with Crippen LogP contribution in [-0.4, -0.2) is 24.0 Å². The van der Waals surface area contributed by atoms with Crippen LogP contribution in [0.15, 0.2) is 22.7 Å². The van der Waals surface area contributed by atoms with Crippen molar-refractivity contribution in [3.63, 3.8) is 0 Å². The molecule has 0 aromatic heterocycles. The Hall–Kier alpha value is -1.43. The van der Waals surface area contributed by atoms with Crippen LogP contribution in [0.25, 0.3) is 0 Å². The zero-order valence-electron chi connectivity index (χ0n) is 9.96. The highest BCUT2D eigenvalue weighted by molar-refractivity contribution is 9.10. The number of halogens is 2. The molecule has 1 aromatic rings. The average molecular weight is 318 g/mol. The van der Waals surface area contributed by atoms with Crippen molar-refractivity contribution in [3.8, 4) is 0 Å². The quantitative estimate of drug-likeness (QED) is 0.834. The monoisotopic (exact) mass is 317 g/mol. The van der Waals surface area contributed by atoms with E-state index in [1.165, 1.54) is 32.2 Å². The van der Waals surface area contributed by atoms with Gasteiger partial charge in [0.1, 0.15) is 11.2 Å². The highest BCUT2D eigenvalue weighted by Gasteiger charge is 2.40. The number of aliphatic carboxylic acids is 1. The standard InChI is InChI=1S/C12H13BrFNO3/c1-12(11(17)18,10(16)15-2)6-7-3-4-9(14)8(13)5-7/h3-5H,6H2,1-2H3,(H,15,16)(H,17,18). The van der Waals surface area contributed by atoms with Crippen molar-refractivity contribution in [2.24, 2.45) is 5.41 Å². The summed E-state index contributed by atoms with van der Waals surface area (Å²) in [6.07, 6.45) is -0.0130. The summed E-state index contributed by atoms with van der Waals surface area (Å²) in [5.41, 5.74) is -1.01. The molecule has 1 amide bonds. The molecule has 0 aliphatic carbocycles. The molecule has 0 aliphatic rings. The van der Waals surface area contributed by atoms with Crippen LogP contribution >= 0.6 is 15.9 Å². The van der Waals surface area contributed by atoms with E-state index < -0.39 is 23.1 Å². The van der Waals surface area contributed by atoms with Crippen LogP contribution in [0, 0.1) is 11.2 Å². The number of carbonyl (C=O) groups excluding carboxylic acids is 1. The number of hydrogen-bond donors (Lipinski definition) is 2. The van der Waals surface area contributed by atoms with Crippen LogP contribution in [-0.2, 0) is 16.0 Å². The molecule has 1 unspecified atom stereocenters. The van der Waals surface area contributed by atoms with E-state index in [0.29, 0.717) is 5.56 Å². The second kappa shape index (κ2) is 5.48. The smallest absolute Gasteiger partial charge is 0.319 e. The van der Waals surface area contributed by atoms with Crippen LogP contribution < -0.4 is 5.32 Å². The van der Waals surface area contributed by atoms with Crippen LogP contribution in [0.2, 0.25) is 0 Å². The Kier molecular flexibility index (Phi) is 4.45. The maximum Gasteiger partial charge on any atom is 0.319 e. The summed E-state index contributed by atoms with van der Waals surface area (Å²) in [4.78, 5) is 22.9. The van der Waals surface area contributed by atoms with Gasteiger partial charge in [-0.25, -0.2) is 4.39 Å². The summed E-state index contributed by atoms with van der Waals surface area (Å²) in [6.45, 7) is 1.34. The topological polar surface area (TPSA) is 66.4 Å². The molecular formula is C12H13BrFNO3. The molecule has 0 heterocycles. The SMILES string of the molecule is CNC(=O)C(C)(Cc1ccc(F)c(Br)c1)C(=O)O. The molecule has 0 saturated carbocycles. The summed E-state index contributed by atoms with van der Waals surface area (Å²) in [7, 11) is 1.38. The van der Waals surface area contributed by atoms with Gasteiger partial charge in [-0.2, -0.15) is 0 Å². The molecular weight excluding hydrogens is 305 g/mol. The first-order valence-corrected chi connectivity index (χ1v) is 6.00. The Balaban J connectivity index is 3.08. The van der Waals surface area contributed by atoms with Gasteiger partial charge < -0.3 is 10.4 Å². The minimum Gasteiger partial charge on any atom is -0.480 e. The fourth-order valence-corrected chi connectivity index (χ4v) is 2.01. The lowest BCUT2D eigenvalue weighted by molar-refractivity contribution is -0.154. The molecule has 4 nitrogen and oxygen atoms in total. The summed E-state index contributed by atoms with van der Waals surface area (Å²) in [5.74, 6) is -2.24. The molecule has 18 heavy (non-hydrogen) atoms. The van der Waals surface area contributed by atoms with Gasteiger partial charge in [0.25, 0.3) is 0 Å². The van der Waals surface area contributed by atoms with Gasteiger partial charge >= 0.3 is 5.97 Å². The molecule has 0 fully saturated rings. The number of carboxylic acids is 1. The summed E-state index contributed by atoms with van der Waals surface area (Å²) < 4.78 is 13.3. The van der Waals surface area contributed by atoms with E-state index in [2.05, 4.69) is 21.2 Å². The van der Waals surface area contributed by atoms with Gasteiger partial charge in [0.2, 0.25) is 5.91 Å². The van der Waals surface area contributed by atoms with Crippen LogP contribution in [0.4, 0.5) is 4.39 Å². The first-order chi connectivity index (χ1) is 8.31. The second-order valence-corrected chi connectivity index (χ2v) is 5.00. The zero-order chi connectivity index (χ0) is 13.9. The number of amides is 1. The van der Waals surface area contributed by atoms with Gasteiger partial charge in [-0.3, -0.25) is 9.59 Å². The predicted octanol–water partition coefficient (Wildman–Crippen LogP) is 1.97. The molecule has 2 N–H and O–H groups in total. The van der Waals surface area contributed by atoms with E-state index in [0.717, 1.165) is 0 Å². The Labute approximate surface area is 112 Å². The number of rotatable bonds is 4. The molecule has 0 aliphatic heterocycles. The van der Waals surface area contributed by atoms with E-state index in [-0.39, 0.29) is 10.9 Å². The minimum atomic E-state index is -1.58. The second-order valence-electron chi connectivity index (χ2n) is 4.14. The van der Waals surface area contributed by atoms with Crippen molar-refractivity contribution in [1.82, 2.24) is 5.32 Å². The van der Waals surface area contributed by atoms with Crippen molar-refractivity contribution in [2.75, 3.05) is 7.05 Å². The normalized spacial score (nSPS) is 13.8. The van der Waals surface area contributed by atoms with Crippen LogP contribution in [0.3, 0.4) is 0 Å². The Morgan fingerprint density at radius 2 is 2.11 bits per heavy atom. The number of hydrogen-bond acceptors (Lipinski definition) is 2. The third-order valence-corrected chi connectivity index (χ3v) is 3.35. The molecule has 0 bridgehead atoms. The largest absolute Gasteiger partial charge is 0.480 e. The minimum absolute atomic E-state index is 0.0130. The third kappa shape index (κ3) is 2.87. The first-order valence-electron chi connectivity index (χ1n) is 5.20. The van der Waals surface area contributed by atoms with Gasteiger partial charge in [0.05, 0.1) is 4.47 Å². The van der Waals surface area contributed by atoms with Gasteiger partial charge in [-0.15, -0.1) is 0 Å². The maximum absolute atomic E-state index is 13.1. The maximum atomic E-state index is 13.1. The lowest BCUT2D eigenvalue weighted by Crippen LogP contribution is -2.44. The number of carbonyl (C=O) groups is 2. The van der Waals surface area contributed by atoms with Gasteiger partial charge in [0, 0.05) is 7.05 Å². The number of nitrogens with one attached hydrogen (secondary N) is 1. The van der Waals surface area contributed by atoms with E-state index >= 15 is 0 Å². The highest BCUT2D eigenvalue weighted by atomic mass is 79.9. The predicted molar refractivity (Wildman–Crippen MR) is 67.6 cm³/mol. The van der Waals surface area contributed by atoms with Crippen molar-refractivity contribution in [2.45, 2.75) is 13.3 Å². The fraction of sp³-hybridized carbons (Fsp3) is 0.333. The third-order valence-electron chi connectivity index (χ3n) is 2.74. The molecule has 0 radical (unpaired) electrons. The molecule has 1 aromatic carbocycles. The molecule has 6 heteroatoms. The fourth-order valence-electron chi connectivity index (χ4n) is 1.59. The number of carboxylic acid groups (broad SMARTS) is 1. The van der Waals surface area contributed by atoms with Crippen molar-refractivity contribution in [1.29, 1.82) is 0 Å². The molecule has 98 valence electrons. The molecule has 0 saturated heterocycles. The summed E-state index contributed by atoms with van der Waals surface area (Å²) in [5, 5.41) is 11.5. The number of benzene rings is 1. The van der Waals surface area contributed by atoms with Crippen molar-refractivity contribution >= 4 is 27.8 Å². The van der Waals surface area contributed by atoms with E-state index in [9.17, 15) is 19.1 Å². The molecule has 1 rings (SSSR count). The Bertz CT molecular complexity index is 492. The van der Waals surface area contributed by atoms with Gasteiger partial charge in [0.15, 0.2) is 0 Å². The first kappa shape index (κ1) is 14.6. The van der Waals surface area contributed by atoms with E-state index in [1.807, 2.05) is 0 Å². The van der Waals surface area contributed by atoms with Crippen molar-refractivity contribution < 1.29 is 19.1 Å². The lowest BCUT2D eigenvalue weighted by atomic mass is 9.82. The van der Waals surface area contributed by atoms with Crippen LogP contribution in [0.5, 0.6) is 0 Å². The lowest BCUT2D eigenvalue weighted by Gasteiger charge is -2.22. The molecule has 0 spiro atoms. The molecule has 1 atom stereocenters. The average Bonchev–Trinajstić information content (AvgIpc) is 2.32. The highest BCUT2D eigenvalue weighted by Crippen LogP contribution is 2.26. The van der Waals surface area contributed by atoms with Crippen LogP contribution in [0.1, 0.15) is 12.5 Å².